The minimum atomic E-state index is -0.240. The number of anilines is 3. The highest BCUT2D eigenvalue weighted by Gasteiger charge is 2.40. The lowest BCUT2D eigenvalue weighted by Gasteiger charge is -2.48. The second-order valence-corrected chi connectivity index (χ2v) is 35.4. The Hall–Kier alpha value is -15.2. The summed E-state index contributed by atoms with van der Waals surface area (Å²) in [5.74, 6) is 3.98. The van der Waals surface area contributed by atoms with Gasteiger partial charge in [0.1, 0.15) is 34.6 Å². The van der Waals surface area contributed by atoms with Crippen molar-refractivity contribution in [2.45, 2.75) is 106 Å². The van der Waals surface area contributed by atoms with Crippen LogP contribution in [0.4, 0.5) is 17.1 Å². The largest absolute Gasteiger partial charge is 0.462 e. The molecular weight excluding hydrogens is 1540 g/mol. The third-order valence-electron chi connectivity index (χ3n) is 24.0. The number of nitriles is 3. The number of benzene rings is 11. The Balaban J connectivity index is 0.000000133. The van der Waals surface area contributed by atoms with Crippen molar-refractivity contribution in [1.82, 2.24) is 0 Å². The molecule has 126 heavy (non-hydrogen) atoms. The van der Waals surface area contributed by atoms with Crippen LogP contribution in [0.2, 0.25) is 0 Å². The molecule has 0 atom stereocenters. The average molecular weight is 1650 g/mol. The number of nitrogens with zero attached hydrogens (tertiary/aromatic N) is 9. The number of rotatable bonds is 11. The van der Waals surface area contributed by atoms with Gasteiger partial charge in [-0.25, -0.2) is 30.3 Å². The maximum Gasteiger partial charge on any atom is 0.269 e. The Morgan fingerprint density at radius 2 is 0.802 bits per heavy atom. The molecule has 18 rings (SSSR count). The highest BCUT2D eigenvalue weighted by molar-refractivity contribution is 6.34. The van der Waals surface area contributed by atoms with Crippen LogP contribution < -0.4 is 14.7 Å². The van der Waals surface area contributed by atoms with E-state index in [9.17, 15) is 5.26 Å². The summed E-state index contributed by atoms with van der Waals surface area (Å²) in [5.41, 5.74) is 25.4. The lowest BCUT2D eigenvalue weighted by molar-refractivity contribution is 0.223. The number of aryl methyl sites for hydroxylation is 2. The normalized spacial score (nSPS) is 16.9. The van der Waals surface area contributed by atoms with Gasteiger partial charge in [-0.05, 0) is 287 Å². The number of ether oxygens (including phenoxy) is 3. The maximum atomic E-state index is 9.41. The van der Waals surface area contributed by atoms with Gasteiger partial charge in [0.05, 0.1) is 37.9 Å². The van der Waals surface area contributed by atoms with E-state index < -0.39 is 0 Å². The van der Waals surface area contributed by atoms with Crippen LogP contribution in [0, 0.1) is 64.5 Å². The number of fused-ring (bicyclic) bond motifs is 3. The van der Waals surface area contributed by atoms with Gasteiger partial charge in [0.2, 0.25) is 0 Å². The van der Waals surface area contributed by atoms with Gasteiger partial charge in [-0.3, -0.25) is 0 Å². The summed E-state index contributed by atoms with van der Waals surface area (Å²) in [6.07, 6.45) is 29.3. The topological polar surface area (TPSA) is 122 Å². The van der Waals surface area contributed by atoms with Gasteiger partial charge in [0, 0.05) is 62.8 Å². The molecule has 0 fully saturated rings. The molecular formula is C114H101N9O3. The summed E-state index contributed by atoms with van der Waals surface area (Å²) < 4.78 is 17.6. The third kappa shape index (κ3) is 18.7. The zero-order valence-electron chi connectivity index (χ0n) is 73.5. The number of hydrogen-bond donors (Lipinski definition) is 0. The zero-order chi connectivity index (χ0) is 88.4. The lowest BCUT2D eigenvalue weighted by atomic mass is 9.71. The molecule has 620 valence electrons. The SMILES string of the molecule is [C-]#[N+]/C(C#N)=C1C=C(/C=C/c2cc3c4c(c2)C(C)(C)CCN4CC(C)(C)C3)OC(C(C)(C)C)=C/1.[C-]#[N+]/C(C#N)=C1\C=C(C)OC(/C=C/c2cc3c4c(c2)CCCN4CCC3)=C1.[C-]#[N+]/C(C#N)=C1\C=C(C)OC(/C=C/c2ccc(N(C)C)cc2)=C1.c1ccc(-c2c3ccccc3c(-c3ccccc3)c3c(-c4ccccc4)c4ccccc4c(-c4ccccc4)c23)cc1. The molecule has 11 aromatic carbocycles. The minimum Gasteiger partial charge on any atom is -0.462 e. The first-order valence-electron chi connectivity index (χ1n) is 43.1. The van der Waals surface area contributed by atoms with Crippen LogP contribution in [-0.4, -0.2) is 40.3 Å². The number of hydrogen-bond acceptors (Lipinski definition) is 9. The van der Waals surface area contributed by atoms with Crippen LogP contribution >= 0.6 is 0 Å². The third-order valence-corrected chi connectivity index (χ3v) is 24.0. The predicted molar refractivity (Wildman–Crippen MR) is 518 cm³/mol. The Kier molecular flexibility index (Phi) is 25.4. The van der Waals surface area contributed by atoms with Crippen LogP contribution in [0.3, 0.4) is 0 Å². The molecule has 7 aliphatic heterocycles. The lowest BCUT2D eigenvalue weighted by Crippen LogP contribution is -2.46. The van der Waals surface area contributed by atoms with E-state index in [1.54, 1.807) is 37.3 Å². The Bertz CT molecular complexity index is 6410. The van der Waals surface area contributed by atoms with Crippen molar-refractivity contribution < 1.29 is 14.2 Å². The molecule has 7 heterocycles. The highest BCUT2D eigenvalue weighted by Crippen LogP contribution is 2.55. The summed E-state index contributed by atoms with van der Waals surface area (Å²) in [5, 5.41) is 35.2. The molecule has 12 heteroatoms. The summed E-state index contributed by atoms with van der Waals surface area (Å²) in [4.78, 5) is 17.1. The van der Waals surface area contributed by atoms with E-state index >= 15 is 0 Å². The first kappa shape index (κ1) is 85.8. The summed E-state index contributed by atoms with van der Waals surface area (Å²) in [7, 11) is 4.00. The van der Waals surface area contributed by atoms with Gasteiger partial charge in [-0.1, -0.05) is 249 Å². The average Bonchev–Trinajstić information content (AvgIpc) is 0.696. The molecule has 0 saturated heterocycles. The van der Waals surface area contributed by atoms with E-state index in [4.69, 9.17) is 44.5 Å². The van der Waals surface area contributed by atoms with Gasteiger partial charge < -0.3 is 28.9 Å². The van der Waals surface area contributed by atoms with Gasteiger partial charge in [-0.15, -0.1) is 0 Å². The fourth-order valence-corrected chi connectivity index (χ4v) is 18.2. The zero-order valence-corrected chi connectivity index (χ0v) is 73.5. The summed E-state index contributed by atoms with van der Waals surface area (Å²) in [6, 6.07) is 84.9. The summed E-state index contributed by atoms with van der Waals surface area (Å²) >= 11 is 0. The van der Waals surface area contributed by atoms with Crippen molar-refractivity contribution in [2.24, 2.45) is 10.8 Å². The van der Waals surface area contributed by atoms with E-state index in [-0.39, 0.29) is 33.3 Å². The molecule has 11 aromatic rings. The van der Waals surface area contributed by atoms with E-state index in [2.05, 4.69) is 279 Å². The second kappa shape index (κ2) is 37.3. The van der Waals surface area contributed by atoms with Gasteiger partial charge in [0.15, 0.2) is 0 Å². The van der Waals surface area contributed by atoms with E-state index in [1.165, 1.54) is 142 Å². The minimum absolute atomic E-state index is 0.0638. The maximum absolute atomic E-state index is 9.41. The van der Waals surface area contributed by atoms with Crippen LogP contribution in [0.5, 0.6) is 0 Å². The molecule has 0 N–H and O–H groups in total. The first-order valence-corrected chi connectivity index (χ1v) is 43.1. The Labute approximate surface area is 742 Å². The van der Waals surface area contributed by atoms with Crippen molar-refractivity contribution in [2.75, 3.05) is 55.0 Å². The molecule has 0 spiro atoms. The smallest absolute Gasteiger partial charge is 0.269 e. The van der Waals surface area contributed by atoms with Gasteiger partial charge >= 0.3 is 0 Å². The fraction of sp³-hybridized carbons (Fsp3) is 0.211. The Morgan fingerprint density at radius 3 is 1.19 bits per heavy atom. The van der Waals surface area contributed by atoms with E-state index in [1.807, 2.05) is 98.8 Å². The molecule has 12 nitrogen and oxygen atoms in total. The molecule has 7 aliphatic rings. The van der Waals surface area contributed by atoms with Crippen LogP contribution in [0.1, 0.15) is 121 Å². The van der Waals surface area contributed by atoms with Crippen LogP contribution in [0.15, 0.2) is 341 Å². The first-order chi connectivity index (χ1) is 60.9. The quantitative estimate of drug-likeness (QED) is 0.0708. The van der Waals surface area contributed by atoms with Crippen molar-refractivity contribution in [3.8, 4) is 62.7 Å². The van der Waals surface area contributed by atoms with E-state index in [0.29, 0.717) is 45.5 Å². The van der Waals surface area contributed by atoms with Crippen molar-refractivity contribution >= 4 is 67.6 Å². The van der Waals surface area contributed by atoms with Gasteiger partial charge in [0.25, 0.3) is 17.1 Å². The molecule has 0 aromatic heterocycles. The van der Waals surface area contributed by atoms with Crippen LogP contribution in [0.25, 0.3) is 110 Å². The molecule has 0 radical (unpaired) electrons. The summed E-state index contributed by atoms with van der Waals surface area (Å²) in [6.45, 7) is 45.4. The molecule has 0 bridgehead atoms. The fourth-order valence-electron chi connectivity index (χ4n) is 18.2. The standard InChI is InChI=1S/C42H28.C30H35N3O.C23H21N3O.C19H17N3O/c1-5-17-29(18-6-1)37-33-25-13-14-26-34(33)39(31-21-9-3-10-22-31)42-40(32-23-11-4-12-24-32)36-28-16-15-27-35(36)38(41(37)42)30-19-7-2-8-20-30;1-28(2,3)26-16-21(25(18-31)32-8)15-23(34-26)10-9-20-13-22-17-29(4,5)19-33-12-11-30(6,7)24(14-20)27(22)33;1-16-11-20(22(15-24)25-2)14-21(27-16)8-7-17-12-18-5-3-9-26-10-4-6-19(13-17)23(18)26;1-14-11-16(19(13-20)21-2)12-18(23-14)10-7-15-5-8-17(9-6-15)22(3)4/h1-28H;9-10,13-16H,11-12,17,19H2,1-7H3;7-8,11-14H,3-6,9-10H2,1H3;5-12H,1,3-4H3/b;10-9+,25-21-;8-7+,22-20+;10-7+,19-16+. The van der Waals surface area contributed by atoms with E-state index in [0.717, 1.165) is 61.3 Å². The van der Waals surface area contributed by atoms with Gasteiger partial charge in [-0.2, -0.15) is 0 Å². The second-order valence-electron chi connectivity index (χ2n) is 35.4. The molecule has 0 aliphatic carbocycles. The van der Waals surface area contributed by atoms with Crippen LogP contribution in [-0.2, 0) is 38.9 Å². The van der Waals surface area contributed by atoms with Crippen molar-refractivity contribution in [1.29, 1.82) is 15.8 Å². The number of allylic oxidation sites excluding steroid dienone is 18. The monoisotopic (exact) mass is 1640 g/mol. The van der Waals surface area contributed by atoms with Crippen molar-refractivity contribution in [3.63, 3.8) is 0 Å². The molecule has 0 unspecified atom stereocenters. The molecule has 0 amide bonds. The molecule has 0 saturated carbocycles. The Morgan fingerprint density at radius 1 is 0.429 bits per heavy atom. The predicted octanol–water partition coefficient (Wildman–Crippen LogP) is 28.3. The highest BCUT2D eigenvalue weighted by atomic mass is 16.5. The van der Waals surface area contributed by atoms with Crippen molar-refractivity contribution in [3.05, 3.63) is 415 Å².